The highest BCUT2D eigenvalue weighted by atomic mass is 35.5. The molecule has 0 unspecified atom stereocenters. The van der Waals surface area contributed by atoms with E-state index in [0.29, 0.717) is 61.6 Å². The number of fused-ring (bicyclic) bond motifs is 6. The molecular weight excluding hydrogens is 536 g/mol. The fourth-order valence-electron chi connectivity index (χ4n) is 4.62. The Morgan fingerprint density at radius 1 is 0.975 bits per heavy atom. The van der Waals surface area contributed by atoms with Gasteiger partial charge in [0.2, 0.25) is 11.7 Å². The number of pyridine rings is 1. The summed E-state index contributed by atoms with van der Waals surface area (Å²) in [6.07, 6.45) is 7.85. The van der Waals surface area contributed by atoms with E-state index in [1.807, 2.05) is 30.5 Å². The van der Waals surface area contributed by atoms with Crippen LogP contribution in [0.25, 0.3) is 0 Å². The summed E-state index contributed by atoms with van der Waals surface area (Å²) >= 11 is 6.35. The molecule has 0 aliphatic carbocycles. The third kappa shape index (κ3) is 5.66. The number of carbonyl (C=O) groups excluding carboxylic acids is 2. The molecule has 12 nitrogen and oxygen atoms in total. The molecule has 1 saturated heterocycles. The lowest BCUT2D eigenvalue weighted by Gasteiger charge is -2.34. The van der Waals surface area contributed by atoms with Crippen LogP contribution in [0.3, 0.4) is 0 Å². The van der Waals surface area contributed by atoms with E-state index in [1.54, 1.807) is 16.0 Å². The zero-order chi connectivity index (χ0) is 27.5. The smallest absolute Gasteiger partial charge is 0.292 e. The average molecular weight is 561 g/mol. The predicted octanol–water partition coefficient (Wildman–Crippen LogP) is 3.46. The van der Waals surface area contributed by atoms with E-state index in [1.165, 1.54) is 18.5 Å². The number of hydrogen-bond acceptors (Lipinski definition) is 10. The number of aryl methyl sites for hydroxylation is 2. The molecule has 0 spiro atoms. The van der Waals surface area contributed by atoms with Crippen LogP contribution in [0, 0.1) is 0 Å². The van der Waals surface area contributed by atoms with E-state index < -0.39 is 0 Å². The summed E-state index contributed by atoms with van der Waals surface area (Å²) in [6, 6.07) is 9.18. The van der Waals surface area contributed by atoms with Crippen LogP contribution < -0.4 is 15.4 Å². The summed E-state index contributed by atoms with van der Waals surface area (Å²) < 4.78 is 11.0. The molecule has 0 saturated carbocycles. The Kier molecular flexibility index (Phi) is 7.15. The highest BCUT2D eigenvalue weighted by Gasteiger charge is 2.26. The first-order chi connectivity index (χ1) is 19.5. The van der Waals surface area contributed by atoms with E-state index in [9.17, 15) is 9.59 Å². The number of ether oxygens (including phenoxy) is 1. The number of nitrogens with one attached hydrogen (secondary N) is 2. The number of nitrogens with zero attached hydrogens (tertiary/aromatic N) is 6. The van der Waals surface area contributed by atoms with Crippen LogP contribution in [0.2, 0.25) is 5.02 Å². The molecule has 5 heterocycles. The van der Waals surface area contributed by atoms with Crippen molar-refractivity contribution in [1.29, 1.82) is 0 Å². The van der Waals surface area contributed by atoms with Crippen LogP contribution in [0.15, 0.2) is 59.6 Å². The fraction of sp³-hybridized carbons (Fsp3) is 0.259. The Morgan fingerprint density at radius 3 is 2.65 bits per heavy atom. The average Bonchev–Trinajstić information content (AvgIpc) is 3.52. The molecule has 13 heteroatoms. The number of rotatable bonds is 4. The van der Waals surface area contributed by atoms with Crippen molar-refractivity contribution >= 4 is 46.6 Å². The summed E-state index contributed by atoms with van der Waals surface area (Å²) in [7, 11) is 0. The summed E-state index contributed by atoms with van der Waals surface area (Å²) in [5, 5.41) is 10.4. The standard InChI is InChI=1S/C27H25ClN8O4/c28-21-15-30-27-33-20-11-17(13-29-14-20)1-2-18-12-19(32-25(21)34-27)3-4-22(18)39-16-24(37)35-7-9-36(10-8-35)26(38)23-5-6-31-40-23/h3-6,11-15H,1-2,7-10,16H2,(H2,30,32,33,34). The Balaban J connectivity index is 1.15. The van der Waals surface area contributed by atoms with Crippen LogP contribution in [-0.2, 0) is 17.6 Å². The van der Waals surface area contributed by atoms with Gasteiger partial charge in [0.25, 0.3) is 11.8 Å². The van der Waals surface area contributed by atoms with E-state index in [2.05, 4.69) is 30.7 Å². The first-order valence-corrected chi connectivity index (χ1v) is 13.1. The first-order valence-electron chi connectivity index (χ1n) is 12.8. The van der Waals surface area contributed by atoms with Gasteiger partial charge in [-0.1, -0.05) is 16.8 Å². The van der Waals surface area contributed by atoms with Gasteiger partial charge >= 0.3 is 0 Å². The minimum atomic E-state index is -0.231. The predicted molar refractivity (Wildman–Crippen MR) is 146 cm³/mol. The van der Waals surface area contributed by atoms with Gasteiger partial charge in [0.15, 0.2) is 12.4 Å². The molecule has 2 amide bonds. The van der Waals surface area contributed by atoms with Gasteiger partial charge in [-0.05, 0) is 48.2 Å². The molecule has 2 N–H and O–H groups in total. The second-order valence-corrected chi connectivity index (χ2v) is 9.79. The minimum Gasteiger partial charge on any atom is -0.483 e. The van der Waals surface area contributed by atoms with E-state index in [-0.39, 0.29) is 24.2 Å². The van der Waals surface area contributed by atoms with Gasteiger partial charge in [-0.25, -0.2) is 4.98 Å². The van der Waals surface area contributed by atoms with Gasteiger partial charge in [-0.15, -0.1) is 0 Å². The van der Waals surface area contributed by atoms with Gasteiger partial charge in [0, 0.05) is 44.1 Å². The van der Waals surface area contributed by atoms with Crippen molar-refractivity contribution in [2.45, 2.75) is 12.8 Å². The zero-order valence-electron chi connectivity index (χ0n) is 21.3. The largest absolute Gasteiger partial charge is 0.483 e. The SMILES string of the molecule is O=C(COc1ccc2cc1CCc1cncc(c1)Nc1ncc(Cl)c(n1)N2)N1CCN(C(=O)c2ccno2)CC1. The number of benzene rings is 1. The highest BCUT2D eigenvalue weighted by Crippen LogP contribution is 2.30. The molecule has 4 aromatic rings. The molecule has 204 valence electrons. The van der Waals surface area contributed by atoms with Gasteiger partial charge in [0.1, 0.15) is 10.8 Å². The molecule has 40 heavy (non-hydrogen) atoms. The molecular formula is C27H25ClN8O4. The third-order valence-electron chi connectivity index (χ3n) is 6.72. The fourth-order valence-corrected chi connectivity index (χ4v) is 4.76. The number of anilines is 4. The maximum atomic E-state index is 13.0. The number of piperazine rings is 1. The van der Waals surface area contributed by atoms with Crippen LogP contribution in [-0.4, -0.2) is 74.5 Å². The van der Waals surface area contributed by atoms with Gasteiger partial charge in [-0.3, -0.25) is 14.6 Å². The van der Waals surface area contributed by atoms with E-state index >= 15 is 0 Å². The number of amides is 2. The van der Waals surface area contributed by atoms with Crippen molar-refractivity contribution in [3.05, 3.63) is 77.0 Å². The van der Waals surface area contributed by atoms with Crippen molar-refractivity contribution in [3.63, 3.8) is 0 Å². The summed E-state index contributed by atoms with van der Waals surface area (Å²) in [5.41, 5.74) is 3.48. The maximum absolute atomic E-state index is 13.0. The Bertz CT molecular complexity index is 1540. The Labute approximate surface area is 234 Å². The van der Waals surface area contributed by atoms with Crippen molar-refractivity contribution in [2.24, 2.45) is 0 Å². The monoisotopic (exact) mass is 560 g/mol. The van der Waals surface area contributed by atoms with Crippen molar-refractivity contribution in [1.82, 2.24) is 29.9 Å². The molecule has 2 aliphatic rings. The third-order valence-corrected chi connectivity index (χ3v) is 7.00. The van der Waals surface area contributed by atoms with Gasteiger partial charge in [0.05, 0.1) is 24.3 Å². The minimum absolute atomic E-state index is 0.113. The molecule has 0 radical (unpaired) electrons. The number of halogens is 1. The van der Waals surface area contributed by atoms with Gasteiger partial charge < -0.3 is 29.7 Å². The maximum Gasteiger partial charge on any atom is 0.292 e. The van der Waals surface area contributed by atoms with Crippen LogP contribution in [0.5, 0.6) is 5.75 Å². The molecule has 1 fully saturated rings. The first kappa shape index (κ1) is 25.6. The summed E-state index contributed by atoms with van der Waals surface area (Å²) in [6.45, 7) is 1.53. The second-order valence-electron chi connectivity index (χ2n) is 9.38. The molecule has 0 atom stereocenters. The molecule has 6 bridgehead atoms. The Hall–Kier alpha value is -4.71. The van der Waals surface area contributed by atoms with Crippen LogP contribution in [0.1, 0.15) is 21.7 Å². The van der Waals surface area contributed by atoms with Crippen LogP contribution in [0.4, 0.5) is 23.1 Å². The van der Waals surface area contributed by atoms with Crippen molar-refractivity contribution in [3.8, 4) is 5.75 Å². The molecule has 2 aliphatic heterocycles. The lowest BCUT2D eigenvalue weighted by atomic mass is 10.0. The lowest BCUT2D eigenvalue weighted by Crippen LogP contribution is -2.51. The zero-order valence-corrected chi connectivity index (χ0v) is 22.1. The second kappa shape index (κ2) is 11.2. The van der Waals surface area contributed by atoms with Gasteiger partial charge in [-0.2, -0.15) is 4.98 Å². The van der Waals surface area contributed by atoms with Crippen molar-refractivity contribution < 1.29 is 18.8 Å². The number of aromatic nitrogens is 4. The van der Waals surface area contributed by atoms with E-state index in [0.717, 1.165) is 22.5 Å². The topological polar surface area (TPSA) is 139 Å². The highest BCUT2D eigenvalue weighted by molar-refractivity contribution is 6.32. The quantitative estimate of drug-likeness (QED) is 0.381. The number of hydrogen-bond donors (Lipinski definition) is 2. The molecule has 1 aromatic carbocycles. The van der Waals surface area contributed by atoms with Crippen molar-refractivity contribution in [2.75, 3.05) is 43.4 Å². The summed E-state index contributed by atoms with van der Waals surface area (Å²) in [4.78, 5) is 41.9. The molecule has 3 aromatic heterocycles. The van der Waals surface area contributed by atoms with E-state index in [4.69, 9.17) is 20.9 Å². The molecule has 6 rings (SSSR count). The normalized spacial score (nSPS) is 14.6. The number of carbonyl (C=O) groups is 2. The summed E-state index contributed by atoms with van der Waals surface area (Å²) in [5.74, 6) is 1.28. The lowest BCUT2D eigenvalue weighted by molar-refractivity contribution is -0.134. The Morgan fingerprint density at radius 2 is 1.82 bits per heavy atom. The van der Waals surface area contributed by atoms with Crippen LogP contribution >= 0.6 is 11.6 Å².